The topological polar surface area (TPSA) is 77.7 Å². The summed E-state index contributed by atoms with van der Waals surface area (Å²) in [4.78, 5) is 6.43. The zero-order valence-corrected chi connectivity index (χ0v) is 16.0. The Morgan fingerprint density at radius 2 is 2.04 bits per heavy atom. The molecule has 0 radical (unpaired) electrons. The van der Waals surface area contributed by atoms with Gasteiger partial charge in [0, 0.05) is 7.11 Å². The molecule has 7 nitrogen and oxygen atoms in total. The fraction of sp³-hybridized carbons (Fsp3) is 0.316. The van der Waals surface area contributed by atoms with Crippen LogP contribution in [0.5, 0.6) is 0 Å². The molecule has 1 aliphatic heterocycles. The Labute approximate surface area is 158 Å². The van der Waals surface area contributed by atoms with Crippen molar-refractivity contribution in [3.8, 4) is 0 Å². The van der Waals surface area contributed by atoms with Gasteiger partial charge in [-0.1, -0.05) is 18.2 Å². The van der Waals surface area contributed by atoms with E-state index in [9.17, 15) is 8.42 Å². The highest BCUT2D eigenvalue weighted by Gasteiger charge is 2.23. The normalized spacial score (nSPS) is 17.0. The first kappa shape index (κ1) is 18.0. The Kier molecular flexibility index (Phi) is 4.86. The SMILES string of the molecule is COCC[NH+]1CCn2c(nc3cc(NS(=O)(=O)c4ccccc4)ccc32)C1. The van der Waals surface area contributed by atoms with Crippen molar-refractivity contribution in [2.45, 2.75) is 18.0 Å². The van der Waals surface area contributed by atoms with Crippen LogP contribution in [0.1, 0.15) is 5.82 Å². The van der Waals surface area contributed by atoms with Crippen LogP contribution >= 0.6 is 0 Å². The molecule has 4 rings (SSSR count). The first-order valence-corrected chi connectivity index (χ1v) is 10.4. The summed E-state index contributed by atoms with van der Waals surface area (Å²) in [5, 5.41) is 0. The molecule has 1 atom stereocenters. The molecule has 1 aromatic heterocycles. The number of anilines is 1. The molecule has 0 saturated heterocycles. The van der Waals surface area contributed by atoms with Crippen LogP contribution in [0.4, 0.5) is 5.69 Å². The maximum Gasteiger partial charge on any atom is 0.261 e. The van der Waals surface area contributed by atoms with Crippen LogP contribution in [0.3, 0.4) is 0 Å². The van der Waals surface area contributed by atoms with Crippen molar-refractivity contribution in [1.82, 2.24) is 9.55 Å². The van der Waals surface area contributed by atoms with E-state index in [2.05, 4.69) is 9.29 Å². The fourth-order valence-corrected chi connectivity index (χ4v) is 4.55. The van der Waals surface area contributed by atoms with Gasteiger partial charge in [-0.05, 0) is 30.3 Å². The minimum Gasteiger partial charge on any atom is -0.379 e. The van der Waals surface area contributed by atoms with E-state index in [-0.39, 0.29) is 4.90 Å². The van der Waals surface area contributed by atoms with E-state index in [0.29, 0.717) is 5.69 Å². The number of aromatic nitrogens is 2. The molecular formula is C19H23N4O3S+. The molecule has 1 aliphatic rings. The zero-order chi connectivity index (χ0) is 18.9. The van der Waals surface area contributed by atoms with Gasteiger partial charge >= 0.3 is 0 Å². The average molecular weight is 387 g/mol. The quantitative estimate of drug-likeness (QED) is 0.658. The highest BCUT2D eigenvalue weighted by atomic mass is 32.2. The van der Waals surface area contributed by atoms with E-state index >= 15 is 0 Å². The molecule has 27 heavy (non-hydrogen) atoms. The number of methoxy groups -OCH3 is 1. The lowest BCUT2D eigenvalue weighted by Crippen LogP contribution is -3.12. The van der Waals surface area contributed by atoms with Gasteiger partial charge in [-0.15, -0.1) is 0 Å². The van der Waals surface area contributed by atoms with Gasteiger partial charge in [-0.25, -0.2) is 13.4 Å². The molecule has 0 spiro atoms. The Hall–Kier alpha value is -2.42. The van der Waals surface area contributed by atoms with Gasteiger partial charge < -0.3 is 14.2 Å². The van der Waals surface area contributed by atoms with E-state index in [0.717, 1.165) is 49.6 Å². The van der Waals surface area contributed by atoms with Crippen LogP contribution in [0.15, 0.2) is 53.4 Å². The first-order chi connectivity index (χ1) is 13.1. The first-order valence-electron chi connectivity index (χ1n) is 8.96. The summed E-state index contributed by atoms with van der Waals surface area (Å²) in [6, 6.07) is 13.9. The lowest BCUT2D eigenvalue weighted by atomic mass is 10.3. The Bertz CT molecular complexity index is 1050. The Morgan fingerprint density at radius 3 is 2.81 bits per heavy atom. The second-order valence-electron chi connectivity index (χ2n) is 6.72. The minimum absolute atomic E-state index is 0.242. The number of quaternary nitrogens is 1. The molecule has 2 heterocycles. The monoisotopic (exact) mass is 387 g/mol. The van der Waals surface area contributed by atoms with Crippen molar-refractivity contribution >= 4 is 26.7 Å². The van der Waals surface area contributed by atoms with Crippen LogP contribution in [-0.4, -0.2) is 44.8 Å². The van der Waals surface area contributed by atoms with Gasteiger partial charge in [0.15, 0.2) is 5.82 Å². The number of sulfonamides is 1. The highest BCUT2D eigenvalue weighted by Crippen LogP contribution is 2.23. The van der Waals surface area contributed by atoms with E-state index in [1.807, 2.05) is 6.07 Å². The highest BCUT2D eigenvalue weighted by molar-refractivity contribution is 7.92. The summed E-state index contributed by atoms with van der Waals surface area (Å²) in [6.45, 7) is 4.48. The largest absolute Gasteiger partial charge is 0.379 e. The minimum atomic E-state index is -3.61. The van der Waals surface area contributed by atoms with Crippen LogP contribution in [0, 0.1) is 0 Å². The van der Waals surface area contributed by atoms with E-state index < -0.39 is 10.0 Å². The smallest absolute Gasteiger partial charge is 0.261 e. The number of hydrogen-bond acceptors (Lipinski definition) is 4. The lowest BCUT2D eigenvalue weighted by Gasteiger charge is -2.24. The maximum atomic E-state index is 12.5. The third kappa shape index (κ3) is 3.69. The van der Waals surface area contributed by atoms with Crippen molar-refractivity contribution in [3.63, 3.8) is 0 Å². The van der Waals surface area contributed by atoms with E-state index in [4.69, 9.17) is 9.72 Å². The van der Waals surface area contributed by atoms with Gasteiger partial charge in [0.1, 0.15) is 13.1 Å². The summed E-state index contributed by atoms with van der Waals surface area (Å²) in [5.74, 6) is 1.03. The predicted molar refractivity (Wildman–Crippen MR) is 103 cm³/mol. The molecule has 0 bridgehead atoms. The summed E-state index contributed by atoms with van der Waals surface area (Å²) in [5.41, 5.74) is 2.37. The second kappa shape index (κ2) is 7.30. The molecule has 142 valence electrons. The van der Waals surface area contributed by atoms with Crippen LogP contribution in [-0.2, 0) is 27.8 Å². The van der Waals surface area contributed by atoms with Crippen molar-refractivity contribution in [1.29, 1.82) is 0 Å². The molecule has 0 amide bonds. The Morgan fingerprint density at radius 1 is 1.22 bits per heavy atom. The molecule has 1 unspecified atom stereocenters. The van der Waals surface area contributed by atoms with Crippen LogP contribution < -0.4 is 9.62 Å². The summed E-state index contributed by atoms with van der Waals surface area (Å²) in [6.07, 6.45) is 0. The Balaban J connectivity index is 1.59. The molecule has 0 fully saturated rings. The molecule has 0 saturated carbocycles. The van der Waals surface area contributed by atoms with Crippen LogP contribution in [0.25, 0.3) is 11.0 Å². The number of ether oxygens (including phenoxy) is 1. The number of fused-ring (bicyclic) bond motifs is 3. The fourth-order valence-electron chi connectivity index (χ4n) is 3.48. The summed E-state index contributed by atoms with van der Waals surface area (Å²) in [7, 11) is -1.89. The number of rotatable bonds is 6. The molecule has 2 N–H and O–H groups in total. The van der Waals surface area contributed by atoms with E-state index in [1.165, 1.54) is 4.90 Å². The number of hydrogen-bond donors (Lipinski definition) is 2. The van der Waals surface area contributed by atoms with Gasteiger partial charge in [0.2, 0.25) is 0 Å². The number of imidazole rings is 1. The lowest BCUT2D eigenvalue weighted by molar-refractivity contribution is -0.918. The number of nitrogens with one attached hydrogen (secondary N) is 2. The van der Waals surface area contributed by atoms with Gasteiger partial charge in [-0.3, -0.25) is 4.72 Å². The third-order valence-electron chi connectivity index (χ3n) is 4.89. The van der Waals surface area contributed by atoms with Crippen molar-refractivity contribution in [2.24, 2.45) is 0 Å². The van der Waals surface area contributed by atoms with E-state index in [1.54, 1.807) is 49.6 Å². The second-order valence-corrected chi connectivity index (χ2v) is 8.40. The van der Waals surface area contributed by atoms with Crippen molar-refractivity contribution < 1.29 is 18.1 Å². The molecule has 8 heteroatoms. The standard InChI is InChI=1S/C19H22N4O3S/c1-26-12-11-22-9-10-23-18-8-7-15(13-17(18)20-19(23)14-22)21-27(24,25)16-5-3-2-4-6-16/h2-8,13,21H,9-12,14H2,1H3/p+1. The average Bonchev–Trinajstić information content (AvgIpc) is 3.03. The number of benzene rings is 2. The van der Waals surface area contributed by atoms with Gasteiger partial charge in [0.05, 0.1) is 41.3 Å². The zero-order valence-electron chi connectivity index (χ0n) is 15.2. The maximum absolute atomic E-state index is 12.5. The molecular weight excluding hydrogens is 364 g/mol. The summed E-state index contributed by atoms with van der Waals surface area (Å²) >= 11 is 0. The van der Waals surface area contributed by atoms with Gasteiger partial charge in [0.25, 0.3) is 10.0 Å². The van der Waals surface area contributed by atoms with Crippen LogP contribution in [0.2, 0.25) is 0 Å². The molecule has 0 aliphatic carbocycles. The third-order valence-corrected chi connectivity index (χ3v) is 6.29. The molecule has 2 aromatic carbocycles. The molecule has 3 aromatic rings. The predicted octanol–water partition coefficient (Wildman–Crippen LogP) is 0.882. The van der Waals surface area contributed by atoms with Crippen molar-refractivity contribution in [3.05, 3.63) is 54.4 Å². The summed E-state index contributed by atoms with van der Waals surface area (Å²) < 4.78 is 35.1. The van der Waals surface area contributed by atoms with Crippen molar-refractivity contribution in [2.75, 3.05) is 31.5 Å². The number of nitrogens with zero attached hydrogens (tertiary/aromatic N) is 2. The van der Waals surface area contributed by atoms with Gasteiger partial charge in [-0.2, -0.15) is 0 Å².